The molecule has 0 saturated carbocycles. The summed E-state index contributed by atoms with van der Waals surface area (Å²) in [5.74, 6) is 0.419. The summed E-state index contributed by atoms with van der Waals surface area (Å²) < 4.78 is 28.4. The topological polar surface area (TPSA) is 35.2 Å². The minimum atomic E-state index is -2.46. The summed E-state index contributed by atoms with van der Waals surface area (Å²) >= 11 is 4.74. The van der Waals surface area contributed by atoms with Crippen molar-refractivity contribution in [3.8, 4) is 5.75 Å². The van der Waals surface area contributed by atoms with Gasteiger partial charge in [-0.1, -0.05) is 24.4 Å². The molecular formula is C10H11F2NOS. The van der Waals surface area contributed by atoms with Crippen molar-refractivity contribution in [1.29, 1.82) is 0 Å². The average molecular weight is 231 g/mol. The predicted molar refractivity (Wildman–Crippen MR) is 58.4 cm³/mol. The molecule has 1 rings (SSSR count). The Hall–Kier alpha value is -1.23. The quantitative estimate of drug-likeness (QED) is 0.789. The van der Waals surface area contributed by atoms with Crippen LogP contribution in [0.5, 0.6) is 5.75 Å². The number of alkyl halides is 2. The number of rotatable bonds is 5. The van der Waals surface area contributed by atoms with Crippen LogP contribution in [0.25, 0.3) is 0 Å². The maximum Gasteiger partial charge on any atom is 0.272 e. The third-order valence-electron chi connectivity index (χ3n) is 1.68. The number of halogens is 2. The van der Waals surface area contributed by atoms with E-state index in [0.717, 1.165) is 5.56 Å². The Morgan fingerprint density at radius 1 is 1.33 bits per heavy atom. The van der Waals surface area contributed by atoms with E-state index in [1.165, 1.54) is 0 Å². The molecule has 2 nitrogen and oxygen atoms in total. The van der Waals surface area contributed by atoms with Crippen molar-refractivity contribution in [2.24, 2.45) is 5.73 Å². The average Bonchev–Trinajstić information content (AvgIpc) is 2.16. The van der Waals surface area contributed by atoms with Gasteiger partial charge in [0.15, 0.2) is 0 Å². The van der Waals surface area contributed by atoms with E-state index in [1.807, 2.05) is 0 Å². The van der Waals surface area contributed by atoms with Gasteiger partial charge in [0.1, 0.15) is 12.4 Å². The van der Waals surface area contributed by atoms with Crippen LogP contribution in [0.4, 0.5) is 8.78 Å². The van der Waals surface area contributed by atoms with Crippen LogP contribution < -0.4 is 10.5 Å². The zero-order chi connectivity index (χ0) is 11.3. The molecule has 15 heavy (non-hydrogen) atoms. The second kappa shape index (κ2) is 5.60. The van der Waals surface area contributed by atoms with Crippen molar-refractivity contribution < 1.29 is 13.5 Å². The first-order valence-electron chi connectivity index (χ1n) is 4.36. The molecule has 0 aliphatic carbocycles. The number of hydrogen-bond acceptors (Lipinski definition) is 2. The molecule has 0 aliphatic rings. The molecule has 0 aromatic heterocycles. The number of nitrogens with two attached hydrogens (primary N) is 1. The van der Waals surface area contributed by atoms with E-state index in [0.29, 0.717) is 17.2 Å². The van der Waals surface area contributed by atoms with Gasteiger partial charge in [0.25, 0.3) is 6.43 Å². The fraction of sp³-hybridized carbons (Fsp3) is 0.300. The number of thiocarbonyl (C=S) groups is 1. The Balaban J connectivity index is 2.52. The van der Waals surface area contributed by atoms with Gasteiger partial charge in [0.2, 0.25) is 0 Å². The second-order valence-corrected chi connectivity index (χ2v) is 3.51. The second-order valence-electron chi connectivity index (χ2n) is 2.99. The lowest BCUT2D eigenvalue weighted by molar-refractivity contribution is 0.0819. The largest absolute Gasteiger partial charge is 0.488 e. The van der Waals surface area contributed by atoms with Gasteiger partial charge in [-0.2, -0.15) is 0 Å². The van der Waals surface area contributed by atoms with Gasteiger partial charge in [0, 0.05) is 6.42 Å². The van der Waals surface area contributed by atoms with Crippen LogP contribution in [-0.2, 0) is 6.42 Å². The fourth-order valence-electron chi connectivity index (χ4n) is 1.06. The summed E-state index contributed by atoms with van der Waals surface area (Å²) in [6.45, 7) is -0.589. The van der Waals surface area contributed by atoms with E-state index in [9.17, 15) is 8.78 Å². The van der Waals surface area contributed by atoms with Crippen LogP contribution in [0.2, 0.25) is 0 Å². The Bertz CT molecular complexity index is 327. The Labute approximate surface area is 92.0 Å². The predicted octanol–water partition coefficient (Wildman–Crippen LogP) is 2.16. The Morgan fingerprint density at radius 3 is 2.40 bits per heavy atom. The Kier molecular flexibility index (Phi) is 4.42. The molecule has 82 valence electrons. The molecule has 0 atom stereocenters. The molecule has 0 amide bonds. The highest BCUT2D eigenvalue weighted by Gasteiger charge is 2.03. The first-order chi connectivity index (χ1) is 7.08. The number of benzene rings is 1. The van der Waals surface area contributed by atoms with Crippen LogP contribution >= 0.6 is 12.2 Å². The minimum absolute atomic E-state index is 0.399. The molecule has 0 spiro atoms. The number of ether oxygens (including phenoxy) is 1. The summed E-state index contributed by atoms with van der Waals surface area (Å²) in [5.41, 5.74) is 6.30. The lowest BCUT2D eigenvalue weighted by Gasteiger charge is -2.06. The molecule has 0 heterocycles. The van der Waals surface area contributed by atoms with Gasteiger partial charge in [-0.3, -0.25) is 0 Å². The standard InChI is InChI=1S/C10H11F2NOS/c11-9(12)6-14-8-3-1-7(2-4-8)5-10(13)15/h1-4,9H,5-6H2,(H2,13,15). The molecule has 0 saturated heterocycles. The third-order valence-corrected chi connectivity index (χ3v) is 1.82. The van der Waals surface area contributed by atoms with Crippen LogP contribution in [-0.4, -0.2) is 18.0 Å². The molecular weight excluding hydrogens is 220 g/mol. The van der Waals surface area contributed by atoms with Gasteiger partial charge in [-0.05, 0) is 17.7 Å². The fourth-order valence-corrected chi connectivity index (χ4v) is 1.23. The molecule has 2 N–H and O–H groups in total. The smallest absolute Gasteiger partial charge is 0.272 e. The van der Waals surface area contributed by atoms with Gasteiger partial charge >= 0.3 is 0 Å². The highest BCUT2D eigenvalue weighted by molar-refractivity contribution is 7.80. The highest BCUT2D eigenvalue weighted by atomic mass is 32.1. The van der Waals surface area contributed by atoms with Gasteiger partial charge in [-0.15, -0.1) is 0 Å². The molecule has 0 aliphatic heterocycles. The normalized spacial score (nSPS) is 10.3. The van der Waals surface area contributed by atoms with Crippen LogP contribution in [0.15, 0.2) is 24.3 Å². The maximum atomic E-state index is 11.8. The minimum Gasteiger partial charge on any atom is -0.488 e. The number of hydrogen-bond donors (Lipinski definition) is 1. The molecule has 0 fully saturated rings. The highest BCUT2D eigenvalue weighted by Crippen LogP contribution is 2.13. The summed E-state index contributed by atoms with van der Waals surface area (Å²) in [7, 11) is 0. The molecule has 5 heteroatoms. The van der Waals surface area contributed by atoms with Gasteiger partial charge in [0.05, 0.1) is 4.99 Å². The van der Waals surface area contributed by atoms with Crippen molar-refractivity contribution in [2.45, 2.75) is 12.8 Å². The van der Waals surface area contributed by atoms with Crippen molar-refractivity contribution >= 4 is 17.2 Å². The van der Waals surface area contributed by atoms with Crippen molar-refractivity contribution in [2.75, 3.05) is 6.61 Å². The van der Waals surface area contributed by atoms with Crippen molar-refractivity contribution in [1.82, 2.24) is 0 Å². The van der Waals surface area contributed by atoms with Crippen molar-refractivity contribution in [3.05, 3.63) is 29.8 Å². The monoisotopic (exact) mass is 231 g/mol. The lowest BCUT2D eigenvalue weighted by Crippen LogP contribution is -2.11. The first-order valence-corrected chi connectivity index (χ1v) is 4.77. The molecule has 1 aromatic rings. The summed E-state index contributed by atoms with van der Waals surface area (Å²) in [5, 5.41) is 0. The van der Waals surface area contributed by atoms with Crippen molar-refractivity contribution in [3.63, 3.8) is 0 Å². The summed E-state index contributed by atoms with van der Waals surface area (Å²) in [6.07, 6.45) is -1.95. The van der Waals surface area contributed by atoms with E-state index in [4.69, 9.17) is 22.7 Å². The lowest BCUT2D eigenvalue weighted by atomic mass is 10.1. The van der Waals surface area contributed by atoms with E-state index < -0.39 is 13.0 Å². The van der Waals surface area contributed by atoms with E-state index >= 15 is 0 Å². The zero-order valence-electron chi connectivity index (χ0n) is 7.95. The summed E-state index contributed by atoms with van der Waals surface area (Å²) in [6, 6.07) is 6.74. The van der Waals surface area contributed by atoms with Crippen LogP contribution in [0.1, 0.15) is 5.56 Å². The van der Waals surface area contributed by atoms with E-state index in [-0.39, 0.29) is 0 Å². The molecule has 0 unspecified atom stereocenters. The van der Waals surface area contributed by atoms with Crippen LogP contribution in [0.3, 0.4) is 0 Å². The zero-order valence-corrected chi connectivity index (χ0v) is 8.77. The maximum absolute atomic E-state index is 11.8. The molecule has 1 aromatic carbocycles. The van der Waals surface area contributed by atoms with Gasteiger partial charge < -0.3 is 10.5 Å². The molecule has 0 bridgehead atoms. The van der Waals surface area contributed by atoms with E-state index in [2.05, 4.69) is 0 Å². The van der Waals surface area contributed by atoms with E-state index in [1.54, 1.807) is 24.3 Å². The molecule has 0 radical (unpaired) electrons. The third kappa shape index (κ3) is 4.69. The van der Waals surface area contributed by atoms with Crippen LogP contribution in [0, 0.1) is 0 Å². The SMILES string of the molecule is NC(=S)Cc1ccc(OCC(F)F)cc1. The first kappa shape index (κ1) is 11.8. The van der Waals surface area contributed by atoms with Gasteiger partial charge in [-0.25, -0.2) is 8.78 Å². The summed E-state index contributed by atoms with van der Waals surface area (Å²) in [4.78, 5) is 0.399. The Morgan fingerprint density at radius 2 is 1.93 bits per heavy atom.